The normalized spacial score (nSPS) is 10.5. The van der Waals surface area contributed by atoms with Gasteiger partial charge in [0, 0.05) is 17.7 Å². The van der Waals surface area contributed by atoms with Gasteiger partial charge in [-0.1, -0.05) is 36.9 Å². The maximum atomic E-state index is 13.4. The molecule has 1 heterocycles. The molecule has 0 saturated carbocycles. The van der Waals surface area contributed by atoms with Crippen molar-refractivity contribution in [1.29, 1.82) is 0 Å². The Kier molecular flexibility index (Phi) is 4.75. The first kappa shape index (κ1) is 16.6. The maximum absolute atomic E-state index is 13.4. The summed E-state index contributed by atoms with van der Waals surface area (Å²) in [6, 6.07) is 15.0. The third-order valence-electron chi connectivity index (χ3n) is 3.85. The van der Waals surface area contributed by atoms with Gasteiger partial charge in [-0.15, -0.1) is 0 Å². The molecule has 4 nitrogen and oxygen atoms in total. The zero-order chi connectivity index (χ0) is 17.8. The monoisotopic (exact) mass is 336 g/mol. The maximum Gasteiger partial charge on any atom is 0.267 e. The van der Waals surface area contributed by atoms with Crippen molar-refractivity contribution in [2.75, 3.05) is 7.11 Å². The second-order valence-corrected chi connectivity index (χ2v) is 5.50. The van der Waals surface area contributed by atoms with Crippen LogP contribution >= 0.6 is 0 Å². The molecule has 0 aliphatic rings. The highest BCUT2D eigenvalue weighted by atomic mass is 19.1. The number of methoxy groups -OCH3 is 1. The molecule has 1 aromatic heterocycles. The Morgan fingerprint density at radius 2 is 1.92 bits per heavy atom. The van der Waals surface area contributed by atoms with Crippen LogP contribution in [0.5, 0.6) is 5.75 Å². The summed E-state index contributed by atoms with van der Waals surface area (Å²) in [6.45, 7) is 4.06. The fourth-order valence-electron chi connectivity index (χ4n) is 2.51. The minimum absolute atomic E-state index is 0.211. The highest BCUT2D eigenvalue weighted by Gasteiger charge is 2.10. The van der Waals surface area contributed by atoms with Crippen molar-refractivity contribution in [2.45, 2.75) is 6.54 Å². The number of hydrogen-bond donors (Lipinski definition) is 0. The molecule has 3 rings (SSSR count). The lowest BCUT2D eigenvalue weighted by atomic mass is 10.1. The summed E-state index contributed by atoms with van der Waals surface area (Å²) < 4.78 is 20.0. The number of hydrogen-bond acceptors (Lipinski definition) is 3. The van der Waals surface area contributed by atoms with E-state index in [0.717, 1.165) is 11.1 Å². The minimum atomic E-state index is -0.392. The predicted octanol–water partition coefficient (Wildman–Crippen LogP) is 3.75. The van der Waals surface area contributed by atoms with Gasteiger partial charge in [-0.3, -0.25) is 4.79 Å². The molecule has 25 heavy (non-hydrogen) atoms. The third-order valence-corrected chi connectivity index (χ3v) is 3.85. The second kappa shape index (κ2) is 7.13. The first-order valence-electron chi connectivity index (χ1n) is 7.74. The molecule has 0 atom stereocenters. The molecule has 0 aliphatic heterocycles. The van der Waals surface area contributed by atoms with Crippen LogP contribution < -0.4 is 10.3 Å². The van der Waals surface area contributed by atoms with Gasteiger partial charge in [-0.2, -0.15) is 5.10 Å². The van der Waals surface area contributed by atoms with E-state index >= 15 is 0 Å². The average Bonchev–Trinajstić information content (AvgIpc) is 2.64. The molecule has 3 aromatic rings. The van der Waals surface area contributed by atoms with Gasteiger partial charge < -0.3 is 4.74 Å². The van der Waals surface area contributed by atoms with Crippen LogP contribution in [0.1, 0.15) is 11.1 Å². The number of aromatic nitrogens is 2. The molecular formula is C20H17FN2O2. The SMILES string of the molecule is C=Cc1ccc(Cn2nc(-c3ccc(F)cc3OC)ccc2=O)cc1. The van der Waals surface area contributed by atoms with Gasteiger partial charge >= 0.3 is 0 Å². The van der Waals surface area contributed by atoms with Crippen LogP contribution in [0.15, 0.2) is 66.0 Å². The molecule has 5 heteroatoms. The number of rotatable bonds is 5. The molecule has 0 bridgehead atoms. The highest BCUT2D eigenvalue weighted by Crippen LogP contribution is 2.28. The second-order valence-electron chi connectivity index (χ2n) is 5.50. The van der Waals surface area contributed by atoms with Crippen molar-refractivity contribution in [3.63, 3.8) is 0 Å². The Bertz CT molecular complexity index is 962. The van der Waals surface area contributed by atoms with Gasteiger partial charge in [0.1, 0.15) is 11.6 Å². The van der Waals surface area contributed by atoms with E-state index in [1.165, 1.54) is 30.0 Å². The Balaban J connectivity index is 1.98. The fraction of sp³-hybridized carbons (Fsp3) is 0.100. The van der Waals surface area contributed by atoms with Crippen LogP contribution in [0.3, 0.4) is 0 Å². The van der Waals surface area contributed by atoms with Gasteiger partial charge in [0.15, 0.2) is 0 Å². The van der Waals surface area contributed by atoms with Gasteiger partial charge in [0.05, 0.1) is 19.3 Å². The lowest BCUT2D eigenvalue weighted by Gasteiger charge is -2.10. The van der Waals surface area contributed by atoms with Crippen LogP contribution in [0.4, 0.5) is 4.39 Å². The number of benzene rings is 2. The summed E-state index contributed by atoms with van der Waals surface area (Å²) >= 11 is 0. The van der Waals surface area contributed by atoms with Crippen LogP contribution in [0.2, 0.25) is 0 Å². The molecule has 0 radical (unpaired) electrons. The molecule has 0 spiro atoms. The van der Waals surface area contributed by atoms with Gasteiger partial charge in [-0.05, 0) is 29.3 Å². The molecule has 0 aliphatic carbocycles. The summed E-state index contributed by atoms with van der Waals surface area (Å²) in [5.74, 6) is -0.0238. The zero-order valence-electron chi connectivity index (χ0n) is 13.8. The smallest absolute Gasteiger partial charge is 0.267 e. The minimum Gasteiger partial charge on any atom is -0.496 e. The molecule has 0 unspecified atom stereocenters. The lowest BCUT2D eigenvalue weighted by Crippen LogP contribution is -2.22. The van der Waals surface area contributed by atoms with Gasteiger partial charge in [0.25, 0.3) is 5.56 Å². The lowest BCUT2D eigenvalue weighted by molar-refractivity contribution is 0.412. The molecular weight excluding hydrogens is 319 g/mol. The molecule has 2 aromatic carbocycles. The van der Waals surface area contributed by atoms with Gasteiger partial charge in [-0.25, -0.2) is 9.07 Å². The van der Waals surface area contributed by atoms with Crippen LogP contribution in [0.25, 0.3) is 17.3 Å². The largest absolute Gasteiger partial charge is 0.496 e. The summed E-state index contributed by atoms with van der Waals surface area (Å²) in [7, 11) is 1.47. The van der Waals surface area contributed by atoms with Gasteiger partial charge in [0.2, 0.25) is 0 Å². The molecule has 0 fully saturated rings. The predicted molar refractivity (Wildman–Crippen MR) is 96.1 cm³/mol. The Morgan fingerprint density at radius 3 is 2.60 bits per heavy atom. The molecule has 126 valence electrons. The van der Waals surface area contributed by atoms with E-state index < -0.39 is 5.82 Å². The molecule has 0 saturated heterocycles. The van der Waals surface area contributed by atoms with E-state index in [4.69, 9.17) is 4.74 Å². The first-order valence-corrected chi connectivity index (χ1v) is 7.74. The summed E-state index contributed by atoms with van der Waals surface area (Å²) in [5, 5.41) is 4.40. The van der Waals surface area contributed by atoms with E-state index in [-0.39, 0.29) is 5.56 Å². The highest BCUT2D eigenvalue weighted by molar-refractivity contribution is 5.66. The number of ether oxygens (including phenoxy) is 1. The Morgan fingerprint density at radius 1 is 1.16 bits per heavy atom. The van der Waals surface area contributed by atoms with Crippen LogP contribution in [-0.2, 0) is 6.54 Å². The fourth-order valence-corrected chi connectivity index (χ4v) is 2.51. The standard InChI is InChI=1S/C20H17FN2O2/c1-3-14-4-6-15(7-5-14)13-23-20(24)11-10-18(22-23)17-9-8-16(21)12-19(17)25-2/h3-12H,1,13H2,2H3. The summed E-state index contributed by atoms with van der Waals surface area (Å²) in [6.07, 6.45) is 1.76. The van der Waals surface area contributed by atoms with Crippen molar-refractivity contribution in [1.82, 2.24) is 9.78 Å². The molecule has 0 N–H and O–H groups in total. The van der Waals surface area contributed by atoms with Crippen molar-refractivity contribution in [2.24, 2.45) is 0 Å². The van der Waals surface area contributed by atoms with Crippen molar-refractivity contribution >= 4 is 6.08 Å². The average molecular weight is 336 g/mol. The van der Waals surface area contributed by atoms with E-state index in [0.29, 0.717) is 23.6 Å². The van der Waals surface area contributed by atoms with Crippen molar-refractivity contribution in [3.05, 3.63) is 88.5 Å². The number of nitrogens with zero attached hydrogens (tertiary/aromatic N) is 2. The van der Waals surface area contributed by atoms with Crippen molar-refractivity contribution in [3.8, 4) is 17.0 Å². The van der Waals surface area contributed by atoms with E-state index in [1.807, 2.05) is 24.3 Å². The van der Waals surface area contributed by atoms with Crippen LogP contribution in [-0.4, -0.2) is 16.9 Å². The molecule has 0 amide bonds. The number of halogens is 1. The van der Waals surface area contributed by atoms with Crippen LogP contribution in [0, 0.1) is 5.82 Å². The first-order chi connectivity index (χ1) is 12.1. The quantitative estimate of drug-likeness (QED) is 0.713. The Labute approximate surface area is 144 Å². The summed E-state index contributed by atoms with van der Waals surface area (Å²) in [4.78, 5) is 12.1. The topological polar surface area (TPSA) is 44.1 Å². The Hall–Kier alpha value is -3.21. The van der Waals surface area contributed by atoms with Crippen molar-refractivity contribution < 1.29 is 9.13 Å². The van der Waals surface area contributed by atoms with E-state index in [9.17, 15) is 9.18 Å². The third kappa shape index (κ3) is 3.66. The van der Waals surface area contributed by atoms with E-state index in [2.05, 4.69) is 11.7 Å². The zero-order valence-corrected chi connectivity index (χ0v) is 13.8. The summed E-state index contributed by atoms with van der Waals surface area (Å²) in [5.41, 5.74) is 2.91. The van der Waals surface area contributed by atoms with E-state index in [1.54, 1.807) is 18.2 Å².